The zero-order valence-electron chi connectivity index (χ0n) is 17.0. The molecule has 3 aromatic rings. The molecule has 0 bridgehead atoms. The van der Waals surface area contributed by atoms with Crippen molar-refractivity contribution in [2.45, 2.75) is 64.6 Å². The molecular formula is C23H29N5O. The highest BCUT2D eigenvalue weighted by molar-refractivity contribution is 6.06. The number of hydrogen-bond donors (Lipinski definition) is 2. The third-order valence-electron chi connectivity index (χ3n) is 5.71. The van der Waals surface area contributed by atoms with Gasteiger partial charge in [-0.05, 0) is 25.3 Å². The van der Waals surface area contributed by atoms with Gasteiger partial charge in [-0.2, -0.15) is 5.10 Å². The summed E-state index contributed by atoms with van der Waals surface area (Å²) in [6, 6.07) is 10.3. The SMILES string of the molecule is CCn1ncc2c(NC3CCCCCC3)c(C(=O)NCc3ccccc3)cnc21. The molecule has 1 aromatic carbocycles. The second kappa shape index (κ2) is 9.07. The van der Waals surface area contributed by atoms with Gasteiger partial charge in [-0.1, -0.05) is 56.0 Å². The van der Waals surface area contributed by atoms with Crippen LogP contribution in [0.5, 0.6) is 0 Å². The van der Waals surface area contributed by atoms with Crippen molar-refractivity contribution in [2.75, 3.05) is 5.32 Å². The van der Waals surface area contributed by atoms with Gasteiger partial charge in [-0.15, -0.1) is 0 Å². The van der Waals surface area contributed by atoms with Gasteiger partial charge >= 0.3 is 0 Å². The van der Waals surface area contributed by atoms with E-state index in [9.17, 15) is 4.79 Å². The van der Waals surface area contributed by atoms with Crippen molar-refractivity contribution >= 4 is 22.6 Å². The maximum Gasteiger partial charge on any atom is 0.255 e. The van der Waals surface area contributed by atoms with Crippen LogP contribution < -0.4 is 10.6 Å². The number of aromatic nitrogens is 3. The average molecular weight is 392 g/mol. The van der Waals surface area contributed by atoms with Crippen LogP contribution in [0.25, 0.3) is 11.0 Å². The van der Waals surface area contributed by atoms with Gasteiger partial charge in [-0.25, -0.2) is 9.67 Å². The van der Waals surface area contributed by atoms with E-state index in [1.807, 2.05) is 48.1 Å². The molecule has 1 aliphatic rings. The van der Waals surface area contributed by atoms with Crippen LogP contribution >= 0.6 is 0 Å². The van der Waals surface area contributed by atoms with Crippen LogP contribution in [0.15, 0.2) is 42.7 Å². The Bertz CT molecular complexity index is 958. The second-order valence-corrected chi connectivity index (χ2v) is 7.75. The second-order valence-electron chi connectivity index (χ2n) is 7.75. The number of fused-ring (bicyclic) bond motifs is 1. The van der Waals surface area contributed by atoms with Crippen molar-refractivity contribution in [3.8, 4) is 0 Å². The molecule has 6 heteroatoms. The lowest BCUT2D eigenvalue weighted by Crippen LogP contribution is -2.26. The first-order valence-electron chi connectivity index (χ1n) is 10.7. The lowest BCUT2D eigenvalue weighted by atomic mass is 10.1. The summed E-state index contributed by atoms with van der Waals surface area (Å²) in [7, 11) is 0. The van der Waals surface area contributed by atoms with Gasteiger partial charge in [0.1, 0.15) is 0 Å². The lowest BCUT2D eigenvalue weighted by molar-refractivity contribution is 0.0951. The zero-order valence-corrected chi connectivity index (χ0v) is 17.0. The van der Waals surface area contributed by atoms with Crippen LogP contribution in [0.4, 0.5) is 5.69 Å². The predicted molar refractivity (Wildman–Crippen MR) is 116 cm³/mol. The normalized spacial score (nSPS) is 15.2. The zero-order chi connectivity index (χ0) is 20.1. The molecule has 152 valence electrons. The summed E-state index contributed by atoms with van der Waals surface area (Å²) in [4.78, 5) is 17.6. The van der Waals surface area contributed by atoms with Crippen LogP contribution in [0.3, 0.4) is 0 Å². The number of pyridine rings is 1. The topological polar surface area (TPSA) is 71.8 Å². The number of benzene rings is 1. The van der Waals surface area contributed by atoms with E-state index in [0.717, 1.165) is 41.7 Å². The smallest absolute Gasteiger partial charge is 0.255 e. The first kappa shape index (κ1) is 19.4. The minimum absolute atomic E-state index is 0.108. The lowest BCUT2D eigenvalue weighted by Gasteiger charge is -2.20. The van der Waals surface area contributed by atoms with Crippen LogP contribution in [0.2, 0.25) is 0 Å². The molecule has 0 unspecified atom stereocenters. The van der Waals surface area contributed by atoms with Crippen molar-refractivity contribution < 1.29 is 4.79 Å². The number of nitrogens with zero attached hydrogens (tertiary/aromatic N) is 3. The maximum atomic E-state index is 13.1. The number of rotatable bonds is 6. The summed E-state index contributed by atoms with van der Waals surface area (Å²) in [6.07, 6.45) is 10.8. The Kier molecular flexibility index (Phi) is 6.08. The summed E-state index contributed by atoms with van der Waals surface area (Å²) >= 11 is 0. The summed E-state index contributed by atoms with van der Waals surface area (Å²) in [5, 5.41) is 12.1. The van der Waals surface area contributed by atoms with Gasteiger partial charge < -0.3 is 10.6 Å². The minimum atomic E-state index is -0.108. The highest BCUT2D eigenvalue weighted by atomic mass is 16.1. The highest BCUT2D eigenvalue weighted by Crippen LogP contribution is 2.29. The van der Waals surface area contributed by atoms with E-state index >= 15 is 0 Å². The molecule has 2 N–H and O–H groups in total. The highest BCUT2D eigenvalue weighted by Gasteiger charge is 2.21. The van der Waals surface area contributed by atoms with E-state index in [4.69, 9.17) is 0 Å². The Balaban J connectivity index is 1.63. The number of anilines is 1. The summed E-state index contributed by atoms with van der Waals surface area (Å²) in [6.45, 7) is 3.29. The Morgan fingerprint density at radius 2 is 1.86 bits per heavy atom. The van der Waals surface area contributed by atoms with Gasteiger partial charge in [-0.3, -0.25) is 4.79 Å². The molecule has 2 aromatic heterocycles. The predicted octanol–water partition coefficient (Wildman–Crippen LogP) is 4.52. The first-order valence-corrected chi connectivity index (χ1v) is 10.7. The summed E-state index contributed by atoms with van der Waals surface area (Å²) in [5.41, 5.74) is 3.36. The summed E-state index contributed by atoms with van der Waals surface area (Å²) < 4.78 is 1.87. The van der Waals surface area contributed by atoms with E-state index in [0.29, 0.717) is 18.2 Å². The number of carbonyl (C=O) groups is 1. The first-order chi connectivity index (χ1) is 14.3. The number of amides is 1. The molecule has 2 heterocycles. The van der Waals surface area contributed by atoms with Crippen molar-refractivity contribution in [1.82, 2.24) is 20.1 Å². The number of hydrogen-bond acceptors (Lipinski definition) is 4. The van der Waals surface area contributed by atoms with Crippen LogP contribution in [-0.2, 0) is 13.1 Å². The number of nitrogens with one attached hydrogen (secondary N) is 2. The molecule has 1 aliphatic carbocycles. The van der Waals surface area contributed by atoms with Gasteiger partial charge in [0.2, 0.25) is 0 Å². The van der Waals surface area contributed by atoms with E-state index in [1.165, 1.54) is 25.7 Å². The molecule has 0 atom stereocenters. The van der Waals surface area contributed by atoms with E-state index in [1.54, 1.807) is 6.20 Å². The van der Waals surface area contributed by atoms with Gasteiger partial charge in [0.05, 0.1) is 22.8 Å². The van der Waals surface area contributed by atoms with Gasteiger partial charge in [0.25, 0.3) is 5.91 Å². The minimum Gasteiger partial charge on any atom is -0.381 e. The maximum absolute atomic E-state index is 13.1. The van der Waals surface area contributed by atoms with Crippen molar-refractivity contribution in [3.63, 3.8) is 0 Å². The molecule has 0 radical (unpaired) electrons. The Morgan fingerprint density at radius 1 is 1.10 bits per heavy atom. The molecule has 1 saturated carbocycles. The van der Waals surface area contributed by atoms with Gasteiger partial charge in [0, 0.05) is 25.3 Å². The monoisotopic (exact) mass is 391 g/mol. The summed E-state index contributed by atoms with van der Waals surface area (Å²) in [5.74, 6) is -0.108. The fourth-order valence-corrected chi connectivity index (χ4v) is 4.09. The number of carbonyl (C=O) groups excluding carboxylic acids is 1. The standard InChI is InChI=1S/C23H29N5O/c1-2-28-22-19(16-26-28)21(27-18-12-8-3-4-9-13-18)20(15-24-22)23(29)25-14-17-10-6-5-7-11-17/h5-7,10-11,15-16,18H,2-4,8-9,12-14H2,1H3,(H,24,27)(H,25,29). The fourth-order valence-electron chi connectivity index (χ4n) is 4.09. The molecular weight excluding hydrogens is 362 g/mol. The van der Waals surface area contributed by atoms with Gasteiger partial charge in [0.15, 0.2) is 5.65 Å². The van der Waals surface area contributed by atoms with E-state index in [2.05, 4.69) is 20.7 Å². The fraction of sp³-hybridized carbons (Fsp3) is 0.435. The average Bonchev–Trinajstić information content (AvgIpc) is 3.01. The van der Waals surface area contributed by atoms with Crippen LogP contribution in [-0.4, -0.2) is 26.7 Å². The molecule has 0 saturated heterocycles. The Morgan fingerprint density at radius 3 is 2.59 bits per heavy atom. The van der Waals surface area contributed by atoms with Crippen molar-refractivity contribution in [1.29, 1.82) is 0 Å². The Labute approximate surface area is 171 Å². The molecule has 0 aliphatic heterocycles. The van der Waals surface area contributed by atoms with Crippen molar-refractivity contribution in [2.24, 2.45) is 0 Å². The molecule has 29 heavy (non-hydrogen) atoms. The van der Waals surface area contributed by atoms with Crippen molar-refractivity contribution in [3.05, 3.63) is 53.9 Å². The largest absolute Gasteiger partial charge is 0.381 e. The van der Waals surface area contributed by atoms with E-state index in [-0.39, 0.29) is 5.91 Å². The third kappa shape index (κ3) is 4.42. The van der Waals surface area contributed by atoms with Crippen LogP contribution in [0, 0.1) is 0 Å². The molecule has 6 nitrogen and oxygen atoms in total. The number of aryl methyl sites for hydroxylation is 1. The molecule has 1 amide bonds. The quantitative estimate of drug-likeness (QED) is 0.606. The van der Waals surface area contributed by atoms with E-state index < -0.39 is 0 Å². The molecule has 1 fully saturated rings. The molecule has 4 rings (SSSR count). The third-order valence-corrected chi connectivity index (χ3v) is 5.71. The Hall–Kier alpha value is -2.89. The van der Waals surface area contributed by atoms with Crippen LogP contribution in [0.1, 0.15) is 61.4 Å². The molecule has 0 spiro atoms.